The van der Waals surface area contributed by atoms with Crippen LogP contribution in [0.2, 0.25) is 0 Å². The second-order valence-electron chi connectivity index (χ2n) is 6.85. The van der Waals surface area contributed by atoms with Crippen molar-refractivity contribution in [2.24, 2.45) is 0 Å². The molecule has 4 rings (SSSR count). The SMILES string of the molecule is O=C(Nc1cccc(OCc2cscn2)c1)N1CCN(Cc2ccncc2)CC1. The number of rotatable bonds is 6. The molecular formula is C21H23N5O2S. The van der Waals surface area contributed by atoms with E-state index in [9.17, 15) is 4.79 Å². The Morgan fingerprint density at radius 1 is 1.14 bits per heavy atom. The van der Waals surface area contributed by atoms with Crippen LogP contribution in [0, 0.1) is 0 Å². The van der Waals surface area contributed by atoms with E-state index in [1.165, 1.54) is 5.56 Å². The molecule has 150 valence electrons. The van der Waals surface area contributed by atoms with Crippen LogP contribution in [0.4, 0.5) is 10.5 Å². The van der Waals surface area contributed by atoms with Crippen molar-refractivity contribution in [3.05, 3.63) is 70.9 Å². The van der Waals surface area contributed by atoms with Crippen molar-refractivity contribution >= 4 is 23.1 Å². The highest BCUT2D eigenvalue weighted by molar-refractivity contribution is 7.07. The topological polar surface area (TPSA) is 70.6 Å². The van der Waals surface area contributed by atoms with Gasteiger partial charge in [-0.25, -0.2) is 9.78 Å². The number of aromatic nitrogens is 2. The van der Waals surface area contributed by atoms with Gasteiger partial charge in [0.15, 0.2) is 0 Å². The van der Waals surface area contributed by atoms with Crippen LogP contribution in [-0.2, 0) is 13.2 Å². The number of carbonyl (C=O) groups is 1. The Labute approximate surface area is 174 Å². The van der Waals surface area contributed by atoms with Crippen molar-refractivity contribution in [2.75, 3.05) is 31.5 Å². The zero-order valence-electron chi connectivity index (χ0n) is 16.0. The van der Waals surface area contributed by atoms with Gasteiger partial charge in [-0.15, -0.1) is 11.3 Å². The van der Waals surface area contributed by atoms with Crippen LogP contribution in [-0.4, -0.2) is 52.0 Å². The maximum absolute atomic E-state index is 12.6. The normalized spacial score (nSPS) is 14.6. The first-order valence-electron chi connectivity index (χ1n) is 9.53. The monoisotopic (exact) mass is 409 g/mol. The van der Waals surface area contributed by atoms with Gasteiger partial charge in [-0.2, -0.15) is 0 Å². The highest BCUT2D eigenvalue weighted by atomic mass is 32.1. The Bertz CT molecular complexity index is 912. The fraction of sp³-hybridized carbons (Fsp3) is 0.286. The lowest BCUT2D eigenvalue weighted by Gasteiger charge is -2.34. The fourth-order valence-corrected chi connectivity index (χ4v) is 3.73. The number of hydrogen-bond acceptors (Lipinski definition) is 6. The van der Waals surface area contributed by atoms with Crippen LogP contribution in [0.25, 0.3) is 0 Å². The van der Waals surface area contributed by atoms with Gasteiger partial charge in [0.1, 0.15) is 12.4 Å². The summed E-state index contributed by atoms with van der Waals surface area (Å²) in [6.07, 6.45) is 3.63. The fourth-order valence-electron chi connectivity index (χ4n) is 3.19. The van der Waals surface area contributed by atoms with Gasteiger partial charge in [0.2, 0.25) is 0 Å². The second-order valence-corrected chi connectivity index (χ2v) is 7.56. The van der Waals surface area contributed by atoms with Crippen molar-refractivity contribution in [3.8, 4) is 5.75 Å². The lowest BCUT2D eigenvalue weighted by atomic mass is 10.2. The standard InChI is InChI=1S/C21H23N5O2S/c27-21(26-10-8-25(9-11-26)13-17-4-6-22-7-5-17)24-18-2-1-3-20(12-18)28-14-19-15-29-16-23-19/h1-7,12,15-16H,8-11,13-14H2,(H,24,27). The van der Waals surface area contributed by atoms with Crippen LogP contribution in [0.1, 0.15) is 11.3 Å². The van der Waals surface area contributed by atoms with E-state index < -0.39 is 0 Å². The minimum absolute atomic E-state index is 0.0785. The molecule has 3 heterocycles. The molecule has 0 atom stereocenters. The third kappa shape index (κ3) is 5.52. The summed E-state index contributed by atoms with van der Waals surface area (Å²) in [6, 6.07) is 11.4. The molecule has 2 aromatic heterocycles. The summed E-state index contributed by atoms with van der Waals surface area (Å²) in [4.78, 5) is 25.1. The van der Waals surface area contributed by atoms with Crippen molar-refractivity contribution in [2.45, 2.75) is 13.2 Å². The summed E-state index contributed by atoms with van der Waals surface area (Å²) >= 11 is 1.54. The molecule has 1 aliphatic rings. The lowest BCUT2D eigenvalue weighted by molar-refractivity contribution is 0.143. The van der Waals surface area contributed by atoms with Gasteiger partial charge < -0.3 is 15.0 Å². The lowest BCUT2D eigenvalue weighted by Crippen LogP contribution is -2.49. The maximum Gasteiger partial charge on any atom is 0.321 e. The number of nitrogens with zero attached hydrogens (tertiary/aromatic N) is 4. The smallest absolute Gasteiger partial charge is 0.321 e. The number of hydrogen-bond donors (Lipinski definition) is 1. The predicted octanol–water partition coefficient (Wildman–Crippen LogP) is 3.47. The first-order chi connectivity index (χ1) is 14.3. The maximum atomic E-state index is 12.6. The summed E-state index contributed by atoms with van der Waals surface area (Å²) in [5.41, 5.74) is 4.65. The number of ether oxygens (including phenoxy) is 1. The van der Waals surface area contributed by atoms with E-state index in [-0.39, 0.29) is 6.03 Å². The number of amides is 2. The van der Waals surface area contributed by atoms with E-state index in [0.717, 1.165) is 31.0 Å². The molecule has 0 radical (unpaired) electrons. The molecule has 8 heteroatoms. The highest BCUT2D eigenvalue weighted by Gasteiger charge is 2.21. The number of nitrogens with one attached hydrogen (secondary N) is 1. The number of benzene rings is 1. The van der Waals surface area contributed by atoms with Crippen molar-refractivity contribution in [1.82, 2.24) is 19.8 Å². The number of urea groups is 1. The van der Waals surface area contributed by atoms with E-state index in [0.29, 0.717) is 25.4 Å². The van der Waals surface area contributed by atoms with Gasteiger partial charge in [-0.1, -0.05) is 6.07 Å². The zero-order chi connectivity index (χ0) is 19.9. The van der Waals surface area contributed by atoms with Crippen LogP contribution >= 0.6 is 11.3 Å². The van der Waals surface area contributed by atoms with E-state index in [1.54, 1.807) is 16.8 Å². The molecule has 0 aliphatic carbocycles. The zero-order valence-corrected chi connectivity index (χ0v) is 16.8. The minimum atomic E-state index is -0.0785. The number of anilines is 1. The number of carbonyl (C=O) groups excluding carboxylic acids is 1. The first-order valence-corrected chi connectivity index (χ1v) is 10.5. The molecule has 0 bridgehead atoms. The Kier molecular flexibility index (Phi) is 6.33. The van der Waals surface area contributed by atoms with Crippen molar-refractivity contribution in [3.63, 3.8) is 0 Å². The van der Waals surface area contributed by atoms with E-state index in [1.807, 2.05) is 59.1 Å². The van der Waals surface area contributed by atoms with Crippen LogP contribution in [0.15, 0.2) is 59.7 Å². The Balaban J connectivity index is 1.26. The highest BCUT2D eigenvalue weighted by Crippen LogP contribution is 2.19. The molecule has 1 N–H and O–H groups in total. The summed E-state index contributed by atoms with van der Waals surface area (Å²) < 4.78 is 5.76. The average molecular weight is 410 g/mol. The van der Waals surface area contributed by atoms with E-state index in [4.69, 9.17) is 4.74 Å². The van der Waals surface area contributed by atoms with Gasteiger partial charge in [-0.05, 0) is 29.8 Å². The molecular weight excluding hydrogens is 386 g/mol. The van der Waals surface area contributed by atoms with Gasteiger partial charge >= 0.3 is 6.03 Å². The summed E-state index contributed by atoms with van der Waals surface area (Å²) in [5, 5.41) is 4.93. The van der Waals surface area contributed by atoms with E-state index in [2.05, 4.69) is 20.2 Å². The Hall–Kier alpha value is -2.97. The molecule has 0 saturated carbocycles. The van der Waals surface area contributed by atoms with Crippen LogP contribution in [0.3, 0.4) is 0 Å². The molecule has 1 aromatic carbocycles. The molecule has 3 aromatic rings. The van der Waals surface area contributed by atoms with Gasteiger partial charge in [0, 0.05) is 62.3 Å². The number of piperazine rings is 1. The molecule has 0 unspecified atom stereocenters. The molecule has 7 nitrogen and oxygen atoms in total. The van der Waals surface area contributed by atoms with Crippen LogP contribution < -0.4 is 10.1 Å². The predicted molar refractivity (Wildman–Crippen MR) is 113 cm³/mol. The summed E-state index contributed by atoms with van der Waals surface area (Å²) in [7, 11) is 0. The van der Waals surface area contributed by atoms with Crippen LogP contribution in [0.5, 0.6) is 5.75 Å². The van der Waals surface area contributed by atoms with Gasteiger partial charge in [0.25, 0.3) is 0 Å². The van der Waals surface area contributed by atoms with E-state index >= 15 is 0 Å². The Morgan fingerprint density at radius 2 is 1.97 bits per heavy atom. The largest absolute Gasteiger partial charge is 0.487 e. The second kappa shape index (κ2) is 9.49. The third-order valence-electron chi connectivity index (χ3n) is 4.77. The molecule has 1 aliphatic heterocycles. The first kappa shape index (κ1) is 19.4. The van der Waals surface area contributed by atoms with Gasteiger partial charge in [-0.3, -0.25) is 9.88 Å². The molecule has 0 spiro atoms. The minimum Gasteiger partial charge on any atom is -0.487 e. The number of pyridine rings is 1. The average Bonchev–Trinajstić information content (AvgIpc) is 3.28. The molecule has 1 saturated heterocycles. The molecule has 2 amide bonds. The molecule has 1 fully saturated rings. The van der Waals surface area contributed by atoms with Crippen molar-refractivity contribution in [1.29, 1.82) is 0 Å². The molecule has 29 heavy (non-hydrogen) atoms. The summed E-state index contributed by atoms with van der Waals surface area (Å²) in [5.74, 6) is 0.706. The quantitative estimate of drug-likeness (QED) is 0.675. The van der Waals surface area contributed by atoms with Gasteiger partial charge in [0.05, 0.1) is 11.2 Å². The Morgan fingerprint density at radius 3 is 2.72 bits per heavy atom. The third-order valence-corrected chi connectivity index (χ3v) is 5.41. The number of thiazole rings is 1. The van der Waals surface area contributed by atoms with Crippen molar-refractivity contribution < 1.29 is 9.53 Å². The summed E-state index contributed by atoms with van der Waals surface area (Å²) in [6.45, 7) is 4.42.